The van der Waals surface area contributed by atoms with Crippen LogP contribution in [0.25, 0.3) is 0 Å². The Balaban J connectivity index is 1.81. The number of carbonyl (C=O) groups is 3. The number of urea groups is 1. The normalized spacial score (nSPS) is 33.4. The van der Waals surface area contributed by atoms with E-state index in [4.69, 9.17) is 0 Å². The molecule has 3 aliphatic rings. The lowest BCUT2D eigenvalue weighted by atomic mass is 9.84. The molecule has 3 fully saturated rings. The Bertz CT molecular complexity index is 482. The highest BCUT2D eigenvalue weighted by molar-refractivity contribution is 5.90. The molecule has 4 atom stereocenters. The lowest BCUT2D eigenvalue weighted by Gasteiger charge is -2.35. The van der Waals surface area contributed by atoms with Crippen LogP contribution in [0.1, 0.15) is 51.9 Å². The van der Waals surface area contributed by atoms with E-state index < -0.39 is 6.04 Å². The van der Waals surface area contributed by atoms with E-state index in [0.717, 1.165) is 44.8 Å². The maximum absolute atomic E-state index is 13.0. The molecule has 6 nitrogen and oxygen atoms in total. The molecule has 128 valence electrons. The van der Waals surface area contributed by atoms with Crippen molar-refractivity contribution in [1.82, 2.24) is 15.1 Å². The highest BCUT2D eigenvalue weighted by Gasteiger charge is 2.49. The zero-order valence-electron chi connectivity index (χ0n) is 13.9. The molecule has 2 heterocycles. The SMILES string of the molecule is CCNC(=O)N1C2CCCCC2C[C@@H]1C(=O)N1CCC[C@H]1C=O. The third-order valence-corrected chi connectivity index (χ3v) is 5.68. The highest BCUT2D eigenvalue weighted by Crippen LogP contribution is 2.40. The first-order chi connectivity index (χ1) is 11.2. The molecule has 3 rings (SSSR count). The number of fused-ring (bicyclic) bond motifs is 1. The molecule has 0 aromatic carbocycles. The first-order valence-corrected chi connectivity index (χ1v) is 8.99. The Morgan fingerprint density at radius 2 is 1.96 bits per heavy atom. The molecule has 0 bridgehead atoms. The lowest BCUT2D eigenvalue weighted by molar-refractivity contribution is -0.138. The molecule has 2 saturated heterocycles. The Kier molecular flexibility index (Phi) is 4.87. The van der Waals surface area contributed by atoms with E-state index in [-0.39, 0.29) is 24.0 Å². The van der Waals surface area contributed by atoms with Gasteiger partial charge in [0.2, 0.25) is 5.91 Å². The van der Waals surface area contributed by atoms with Crippen molar-refractivity contribution in [2.75, 3.05) is 13.1 Å². The van der Waals surface area contributed by atoms with Crippen LogP contribution in [0.3, 0.4) is 0 Å². The van der Waals surface area contributed by atoms with E-state index in [0.29, 0.717) is 19.0 Å². The van der Waals surface area contributed by atoms with Crippen molar-refractivity contribution in [3.05, 3.63) is 0 Å². The second-order valence-electron chi connectivity index (χ2n) is 6.98. The smallest absolute Gasteiger partial charge is 0.318 e. The van der Waals surface area contributed by atoms with Crippen LogP contribution in [0.15, 0.2) is 0 Å². The maximum Gasteiger partial charge on any atom is 0.318 e. The fourth-order valence-electron chi connectivity index (χ4n) is 4.61. The molecule has 1 aliphatic carbocycles. The van der Waals surface area contributed by atoms with Gasteiger partial charge >= 0.3 is 6.03 Å². The number of carbonyl (C=O) groups excluding carboxylic acids is 3. The van der Waals surface area contributed by atoms with Gasteiger partial charge in [-0.2, -0.15) is 0 Å². The van der Waals surface area contributed by atoms with Crippen LogP contribution in [0.4, 0.5) is 4.79 Å². The molecule has 3 amide bonds. The summed E-state index contributed by atoms with van der Waals surface area (Å²) in [6.07, 6.45) is 7.65. The number of hydrogen-bond acceptors (Lipinski definition) is 3. The van der Waals surface area contributed by atoms with Gasteiger partial charge in [0.1, 0.15) is 12.3 Å². The lowest BCUT2D eigenvalue weighted by Crippen LogP contribution is -2.54. The number of nitrogens with zero attached hydrogens (tertiary/aromatic N) is 2. The van der Waals surface area contributed by atoms with E-state index in [1.165, 1.54) is 6.42 Å². The van der Waals surface area contributed by atoms with Gasteiger partial charge in [0.25, 0.3) is 0 Å². The maximum atomic E-state index is 13.0. The van der Waals surface area contributed by atoms with Crippen LogP contribution in [-0.2, 0) is 9.59 Å². The fraction of sp³-hybridized carbons (Fsp3) is 0.824. The van der Waals surface area contributed by atoms with Crippen LogP contribution >= 0.6 is 0 Å². The molecule has 0 aromatic rings. The number of aldehydes is 1. The van der Waals surface area contributed by atoms with Gasteiger partial charge in [0.15, 0.2) is 0 Å². The summed E-state index contributed by atoms with van der Waals surface area (Å²) >= 11 is 0. The minimum absolute atomic E-state index is 0.0275. The van der Waals surface area contributed by atoms with E-state index in [1.807, 2.05) is 6.92 Å². The number of rotatable bonds is 3. The van der Waals surface area contributed by atoms with Crippen molar-refractivity contribution < 1.29 is 14.4 Å². The molecular weight excluding hydrogens is 294 g/mol. The Hall–Kier alpha value is -1.59. The van der Waals surface area contributed by atoms with Gasteiger partial charge in [-0.25, -0.2) is 4.79 Å². The van der Waals surface area contributed by atoms with Gasteiger partial charge < -0.3 is 19.9 Å². The van der Waals surface area contributed by atoms with Crippen molar-refractivity contribution in [2.24, 2.45) is 5.92 Å². The fourth-order valence-corrected chi connectivity index (χ4v) is 4.61. The second kappa shape index (κ2) is 6.89. The second-order valence-corrected chi connectivity index (χ2v) is 6.98. The van der Waals surface area contributed by atoms with E-state index >= 15 is 0 Å². The summed E-state index contributed by atoms with van der Waals surface area (Å²) in [7, 11) is 0. The third-order valence-electron chi connectivity index (χ3n) is 5.68. The van der Waals surface area contributed by atoms with Gasteiger partial charge in [-0.05, 0) is 44.9 Å². The van der Waals surface area contributed by atoms with Crippen molar-refractivity contribution in [3.63, 3.8) is 0 Å². The van der Waals surface area contributed by atoms with Crippen molar-refractivity contribution in [2.45, 2.75) is 70.0 Å². The third kappa shape index (κ3) is 2.95. The molecule has 6 heteroatoms. The predicted octanol–water partition coefficient (Wildman–Crippen LogP) is 1.54. The van der Waals surface area contributed by atoms with Crippen LogP contribution in [-0.4, -0.2) is 59.2 Å². The van der Waals surface area contributed by atoms with Gasteiger partial charge in [0.05, 0.1) is 6.04 Å². The summed E-state index contributed by atoms with van der Waals surface area (Å²) < 4.78 is 0. The van der Waals surface area contributed by atoms with E-state index in [1.54, 1.807) is 9.80 Å². The van der Waals surface area contributed by atoms with Crippen molar-refractivity contribution >= 4 is 18.2 Å². The van der Waals surface area contributed by atoms with Gasteiger partial charge in [-0.3, -0.25) is 4.79 Å². The summed E-state index contributed by atoms with van der Waals surface area (Å²) in [4.78, 5) is 40.3. The average Bonchev–Trinajstić information content (AvgIpc) is 3.18. The summed E-state index contributed by atoms with van der Waals surface area (Å²) in [6.45, 7) is 3.09. The number of likely N-dealkylation sites (tertiary alicyclic amines) is 2. The van der Waals surface area contributed by atoms with Crippen molar-refractivity contribution in [1.29, 1.82) is 0 Å². The predicted molar refractivity (Wildman–Crippen MR) is 85.9 cm³/mol. The van der Waals surface area contributed by atoms with Crippen LogP contribution in [0.5, 0.6) is 0 Å². The van der Waals surface area contributed by atoms with Gasteiger partial charge in [0, 0.05) is 19.1 Å². The highest BCUT2D eigenvalue weighted by atomic mass is 16.2. The first kappa shape index (κ1) is 16.3. The Morgan fingerprint density at radius 3 is 2.70 bits per heavy atom. The Morgan fingerprint density at radius 1 is 1.17 bits per heavy atom. The van der Waals surface area contributed by atoms with Gasteiger partial charge in [-0.15, -0.1) is 0 Å². The minimum Gasteiger partial charge on any atom is -0.338 e. The monoisotopic (exact) mass is 321 g/mol. The number of nitrogens with one attached hydrogen (secondary N) is 1. The Labute approximate surface area is 137 Å². The topological polar surface area (TPSA) is 69.7 Å². The number of hydrogen-bond donors (Lipinski definition) is 1. The molecule has 0 radical (unpaired) electrons. The molecular formula is C17H27N3O3. The summed E-state index contributed by atoms with van der Waals surface area (Å²) in [5.41, 5.74) is 0. The summed E-state index contributed by atoms with van der Waals surface area (Å²) in [5.74, 6) is 0.401. The molecule has 2 aliphatic heterocycles. The molecule has 23 heavy (non-hydrogen) atoms. The van der Waals surface area contributed by atoms with Crippen molar-refractivity contribution in [3.8, 4) is 0 Å². The molecule has 0 aromatic heterocycles. The summed E-state index contributed by atoms with van der Waals surface area (Å²) in [5, 5.41) is 2.87. The molecule has 1 N–H and O–H groups in total. The zero-order valence-corrected chi connectivity index (χ0v) is 13.9. The first-order valence-electron chi connectivity index (χ1n) is 8.99. The molecule has 0 spiro atoms. The average molecular weight is 321 g/mol. The van der Waals surface area contributed by atoms with Crippen LogP contribution in [0.2, 0.25) is 0 Å². The number of amides is 3. The van der Waals surface area contributed by atoms with Crippen LogP contribution in [0, 0.1) is 5.92 Å². The van der Waals surface area contributed by atoms with E-state index in [9.17, 15) is 14.4 Å². The zero-order chi connectivity index (χ0) is 16.4. The minimum atomic E-state index is -0.393. The van der Waals surface area contributed by atoms with E-state index in [2.05, 4.69) is 5.32 Å². The molecule has 2 unspecified atom stereocenters. The summed E-state index contributed by atoms with van der Waals surface area (Å²) in [6, 6.07) is -0.639. The quantitative estimate of drug-likeness (QED) is 0.802. The molecule has 1 saturated carbocycles. The van der Waals surface area contributed by atoms with Gasteiger partial charge in [-0.1, -0.05) is 12.8 Å². The standard InChI is InChI=1S/C17H27N3O3/c1-2-18-17(23)20-14-8-4-3-6-12(14)10-15(20)16(22)19-9-5-7-13(19)11-21/h11-15H,2-10H2,1H3,(H,18,23)/t12?,13-,14?,15+/m0/s1. The largest absolute Gasteiger partial charge is 0.338 e. The van der Waals surface area contributed by atoms with Crippen LogP contribution < -0.4 is 5.32 Å².